The van der Waals surface area contributed by atoms with Crippen LogP contribution < -0.4 is 16.4 Å². The molecular weight excluding hydrogens is 504 g/mol. The van der Waals surface area contributed by atoms with Crippen molar-refractivity contribution in [1.29, 1.82) is 0 Å². The molecule has 9 heteroatoms. The smallest absolute Gasteiger partial charge is 0.256 e. The maximum atomic E-state index is 12.8. The van der Waals surface area contributed by atoms with E-state index in [1.807, 2.05) is 48.5 Å². The third-order valence-electron chi connectivity index (χ3n) is 6.13. The van der Waals surface area contributed by atoms with E-state index in [1.54, 1.807) is 31.3 Å². The summed E-state index contributed by atoms with van der Waals surface area (Å²) in [5, 5.41) is 6.40. The molecule has 4 N–H and O–H groups in total. The van der Waals surface area contributed by atoms with Crippen molar-refractivity contribution in [3.8, 4) is 22.3 Å². The zero-order valence-electron chi connectivity index (χ0n) is 21.5. The number of carbonyl (C=O) groups excluding carboxylic acids is 3. The minimum absolute atomic E-state index is 0.207. The van der Waals surface area contributed by atoms with Crippen LogP contribution in [0.5, 0.6) is 0 Å². The predicted octanol–water partition coefficient (Wildman–Crippen LogP) is 5.22. The number of hydrogen-bond acceptors (Lipinski definition) is 6. The summed E-state index contributed by atoms with van der Waals surface area (Å²) >= 11 is 0. The Bertz CT molecular complexity index is 1780. The summed E-state index contributed by atoms with van der Waals surface area (Å²) in [6, 6.07) is 21.6. The minimum atomic E-state index is -0.604. The van der Waals surface area contributed by atoms with Gasteiger partial charge in [0.15, 0.2) is 0 Å². The van der Waals surface area contributed by atoms with Crippen LogP contribution in [0, 0.1) is 0 Å². The number of nitrogens with one attached hydrogen (secondary N) is 2. The van der Waals surface area contributed by atoms with Crippen LogP contribution in [-0.2, 0) is 4.79 Å². The Balaban J connectivity index is 1.45. The molecule has 0 saturated heterocycles. The molecule has 0 fully saturated rings. The lowest BCUT2D eigenvalue weighted by Gasteiger charge is -2.12. The van der Waals surface area contributed by atoms with Crippen molar-refractivity contribution < 1.29 is 14.4 Å². The first-order valence-electron chi connectivity index (χ1n) is 12.4. The van der Waals surface area contributed by atoms with Gasteiger partial charge in [0.2, 0.25) is 11.8 Å². The highest BCUT2D eigenvalue weighted by molar-refractivity contribution is 6.05. The van der Waals surface area contributed by atoms with Crippen molar-refractivity contribution in [3.05, 3.63) is 115 Å². The average Bonchev–Trinajstić information content (AvgIpc) is 2.97. The number of benzene rings is 3. The summed E-state index contributed by atoms with van der Waals surface area (Å²) in [6.07, 6.45) is 7.81. The van der Waals surface area contributed by atoms with Crippen molar-refractivity contribution in [3.63, 3.8) is 0 Å². The summed E-state index contributed by atoms with van der Waals surface area (Å²) < 4.78 is 0. The number of amides is 3. The molecule has 2 heterocycles. The molecule has 0 bridgehead atoms. The molecule has 40 heavy (non-hydrogen) atoms. The molecule has 0 aliphatic carbocycles. The van der Waals surface area contributed by atoms with Gasteiger partial charge < -0.3 is 16.4 Å². The second kappa shape index (κ2) is 11.4. The fraction of sp³-hybridized carbons (Fsp3) is 0.0323. The topological polar surface area (TPSA) is 140 Å². The Kier molecular flexibility index (Phi) is 7.36. The number of nitrogens with zero attached hydrogens (tertiary/aromatic N) is 3. The van der Waals surface area contributed by atoms with Gasteiger partial charge in [-0.2, -0.15) is 0 Å². The van der Waals surface area contributed by atoms with Crippen molar-refractivity contribution in [2.45, 2.75) is 6.92 Å². The van der Waals surface area contributed by atoms with Gasteiger partial charge in [-0.3, -0.25) is 14.4 Å². The molecular formula is C31H24N6O3. The first-order chi connectivity index (χ1) is 19.4. The van der Waals surface area contributed by atoms with Gasteiger partial charge in [0.1, 0.15) is 12.1 Å². The van der Waals surface area contributed by atoms with E-state index in [2.05, 4.69) is 25.6 Å². The number of fused-ring (bicyclic) bond motifs is 1. The molecule has 0 radical (unpaired) electrons. The highest BCUT2D eigenvalue weighted by Gasteiger charge is 2.13. The van der Waals surface area contributed by atoms with E-state index in [0.717, 1.165) is 33.2 Å². The number of carbonyl (C=O) groups is 3. The lowest BCUT2D eigenvalue weighted by atomic mass is 9.95. The normalized spacial score (nSPS) is 10.9. The Hall–Kier alpha value is -5.70. The van der Waals surface area contributed by atoms with E-state index in [-0.39, 0.29) is 23.2 Å². The van der Waals surface area contributed by atoms with Crippen molar-refractivity contribution in [2.24, 2.45) is 5.73 Å². The average molecular weight is 529 g/mol. The molecule has 0 aliphatic rings. The Morgan fingerprint density at radius 3 is 2.42 bits per heavy atom. The van der Waals surface area contributed by atoms with Gasteiger partial charge in [0.05, 0.1) is 5.52 Å². The van der Waals surface area contributed by atoms with Crippen LogP contribution in [0.15, 0.2) is 104 Å². The number of pyridine rings is 1. The van der Waals surface area contributed by atoms with Crippen molar-refractivity contribution in [1.82, 2.24) is 15.0 Å². The molecule has 5 aromatic rings. The van der Waals surface area contributed by atoms with Crippen LogP contribution in [0.25, 0.3) is 33.2 Å². The van der Waals surface area contributed by atoms with Crippen molar-refractivity contribution >= 4 is 40.1 Å². The number of aromatic nitrogens is 3. The first-order valence-corrected chi connectivity index (χ1v) is 12.4. The number of allylic oxidation sites excluding steroid dienone is 1. The molecule has 3 amide bonds. The molecule has 5 rings (SSSR count). The highest BCUT2D eigenvalue weighted by Crippen LogP contribution is 2.34. The second-order valence-electron chi connectivity index (χ2n) is 8.88. The van der Waals surface area contributed by atoms with Crippen molar-refractivity contribution in [2.75, 3.05) is 10.6 Å². The fourth-order valence-electron chi connectivity index (χ4n) is 4.25. The lowest BCUT2D eigenvalue weighted by Crippen LogP contribution is -2.15. The fourth-order valence-corrected chi connectivity index (χ4v) is 4.25. The minimum Gasteiger partial charge on any atom is -0.366 e. The monoisotopic (exact) mass is 528 g/mol. The van der Waals surface area contributed by atoms with Crippen LogP contribution in [-0.4, -0.2) is 32.7 Å². The van der Waals surface area contributed by atoms with Crippen LogP contribution in [0.3, 0.4) is 0 Å². The number of rotatable bonds is 7. The van der Waals surface area contributed by atoms with Crippen LogP contribution in [0.1, 0.15) is 27.6 Å². The number of nitrogens with two attached hydrogens (primary N) is 1. The van der Waals surface area contributed by atoms with Gasteiger partial charge in [-0.05, 0) is 78.2 Å². The maximum absolute atomic E-state index is 12.8. The van der Waals surface area contributed by atoms with E-state index in [9.17, 15) is 14.4 Å². The lowest BCUT2D eigenvalue weighted by molar-refractivity contribution is -0.111. The van der Waals surface area contributed by atoms with E-state index >= 15 is 0 Å². The Morgan fingerprint density at radius 1 is 0.825 bits per heavy atom. The quantitative estimate of drug-likeness (QED) is 0.247. The molecule has 0 aliphatic heterocycles. The SMILES string of the molecule is C/C=C/C(=O)Nc1cccc(-c2cc(-c3ccc(C(=O)Nc4cc(C(N)=O)ccn4)cc3)cc3cncnc23)c1. The Morgan fingerprint density at radius 2 is 1.65 bits per heavy atom. The molecule has 196 valence electrons. The summed E-state index contributed by atoms with van der Waals surface area (Å²) in [7, 11) is 0. The zero-order valence-corrected chi connectivity index (χ0v) is 21.5. The highest BCUT2D eigenvalue weighted by atomic mass is 16.2. The standard InChI is InChI=1S/C31H24N6O3/c1-2-4-28(38)36-25-6-3-5-21(14-25)26-15-23(13-24-17-33-18-35-29(24)26)19-7-9-20(10-8-19)31(40)37-27-16-22(30(32)39)11-12-34-27/h2-18H,1H3,(H2,32,39)(H,36,38)(H,34,37,40)/b4-2+. The summed E-state index contributed by atoms with van der Waals surface area (Å²) in [5.41, 5.74) is 11.0. The van der Waals surface area contributed by atoms with Gasteiger partial charge >= 0.3 is 0 Å². The van der Waals surface area contributed by atoms with E-state index < -0.39 is 5.91 Å². The second-order valence-corrected chi connectivity index (χ2v) is 8.88. The van der Waals surface area contributed by atoms with E-state index in [4.69, 9.17) is 5.73 Å². The predicted molar refractivity (Wildman–Crippen MR) is 155 cm³/mol. The van der Waals surface area contributed by atoms with Gasteiger partial charge in [-0.1, -0.05) is 30.3 Å². The van der Waals surface area contributed by atoms with E-state index in [0.29, 0.717) is 11.3 Å². The maximum Gasteiger partial charge on any atom is 0.256 e. The van der Waals surface area contributed by atoms with Crippen LogP contribution >= 0.6 is 0 Å². The molecule has 0 unspecified atom stereocenters. The Labute approximate surface area is 229 Å². The molecule has 3 aromatic carbocycles. The number of anilines is 2. The molecule has 0 atom stereocenters. The van der Waals surface area contributed by atoms with Gasteiger partial charge in [0, 0.05) is 40.2 Å². The molecule has 0 saturated carbocycles. The number of primary amides is 1. The van der Waals surface area contributed by atoms with E-state index in [1.165, 1.54) is 30.7 Å². The number of hydrogen-bond donors (Lipinski definition) is 3. The molecule has 0 spiro atoms. The summed E-state index contributed by atoms with van der Waals surface area (Å²) in [6.45, 7) is 1.79. The third-order valence-corrected chi connectivity index (χ3v) is 6.13. The summed E-state index contributed by atoms with van der Waals surface area (Å²) in [4.78, 5) is 49.0. The summed E-state index contributed by atoms with van der Waals surface area (Å²) in [5.74, 6) is -0.952. The third kappa shape index (κ3) is 5.73. The first kappa shape index (κ1) is 25.9. The van der Waals surface area contributed by atoms with Gasteiger partial charge in [0.25, 0.3) is 5.91 Å². The van der Waals surface area contributed by atoms with Crippen LogP contribution in [0.2, 0.25) is 0 Å². The molecule has 9 nitrogen and oxygen atoms in total. The van der Waals surface area contributed by atoms with Crippen LogP contribution in [0.4, 0.5) is 11.5 Å². The zero-order chi connectivity index (χ0) is 28.1. The molecule has 2 aromatic heterocycles. The largest absolute Gasteiger partial charge is 0.366 e. The van der Waals surface area contributed by atoms with Gasteiger partial charge in [-0.25, -0.2) is 15.0 Å². The van der Waals surface area contributed by atoms with Gasteiger partial charge in [-0.15, -0.1) is 0 Å².